The van der Waals surface area contributed by atoms with Crippen molar-refractivity contribution in [2.75, 3.05) is 7.05 Å². The van der Waals surface area contributed by atoms with Crippen molar-refractivity contribution in [3.8, 4) is 11.1 Å². The number of nitrogens with zero attached hydrogens (tertiary/aromatic N) is 2. The fourth-order valence-electron chi connectivity index (χ4n) is 5.73. The van der Waals surface area contributed by atoms with Crippen molar-refractivity contribution >= 4 is 11.8 Å². The van der Waals surface area contributed by atoms with Crippen molar-refractivity contribution in [1.82, 2.24) is 20.4 Å². The number of aromatic amines is 1. The number of benzene rings is 2. The predicted octanol–water partition coefficient (Wildman–Crippen LogP) is 4.98. The molecule has 2 heterocycles. The number of aryl methyl sites for hydroxylation is 1. The summed E-state index contributed by atoms with van der Waals surface area (Å²) in [4.78, 5) is 27.1. The molecule has 1 fully saturated rings. The van der Waals surface area contributed by atoms with E-state index in [1.807, 2.05) is 25.2 Å². The lowest BCUT2D eigenvalue weighted by molar-refractivity contribution is -0.131. The van der Waals surface area contributed by atoms with Crippen molar-refractivity contribution in [2.24, 2.45) is 0 Å². The van der Waals surface area contributed by atoms with Crippen molar-refractivity contribution in [2.45, 2.75) is 76.3 Å². The molecule has 6 heteroatoms. The number of H-pyrrole nitrogens is 1. The summed E-state index contributed by atoms with van der Waals surface area (Å²) in [7, 11) is 1.86. The molecule has 0 radical (unpaired) electrons. The zero-order valence-electron chi connectivity index (χ0n) is 21.2. The molecule has 0 spiro atoms. The second-order valence-corrected chi connectivity index (χ2v) is 10.5. The molecule has 0 bridgehead atoms. The number of amides is 2. The van der Waals surface area contributed by atoms with Crippen LogP contribution in [0.15, 0.2) is 54.6 Å². The number of nitrogens with one attached hydrogen (secondary N) is 2. The van der Waals surface area contributed by atoms with E-state index in [-0.39, 0.29) is 17.4 Å². The molecule has 1 saturated heterocycles. The average molecular weight is 485 g/mol. The van der Waals surface area contributed by atoms with E-state index in [0.717, 1.165) is 31.4 Å². The van der Waals surface area contributed by atoms with Crippen LogP contribution in [-0.4, -0.2) is 39.5 Å². The molecule has 6 nitrogen and oxygen atoms in total. The summed E-state index contributed by atoms with van der Waals surface area (Å²) in [5.74, 6) is 0.177. The highest BCUT2D eigenvalue weighted by molar-refractivity contribution is 5.80. The standard InChI is InChI=1S/C30H36N4O2/c1-34(21-27-25-10-6-3-7-11-26(25)32-33-27)29(36)17-19-30(18-16-28(35)31-30)20-22-12-14-24(15-13-22)23-8-4-2-5-9-23/h2,4-5,8-9,12-15H,3,6-7,10-11,16-21H2,1H3,(H,31,35)(H,32,33)/t30-/m0/s1. The van der Waals surface area contributed by atoms with Crippen molar-refractivity contribution in [3.05, 3.63) is 77.1 Å². The van der Waals surface area contributed by atoms with Crippen LogP contribution in [0.1, 0.15) is 67.5 Å². The first-order valence-corrected chi connectivity index (χ1v) is 13.3. The molecule has 2 N–H and O–H groups in total. The molecule has 1 aliphatic carbocycles. The zero-order valence-corrected chi connectivity index (χ0v) is 21.2. The molecule has 2 aromatic carbocycles. The Kier molecular flexibility index (Phi) is 7.21. The maximum atomic E-state index is 13.1. The lowest BCUT2D eigenvalue weighted by Gasteiger charge is -2.30. The van der Waals surface area contributed by atoms with Gasteiger partial charge in [-0.2, -0.15) is 5.10 Å². The van der Waals surface area contributed by atoms with Crippen molar-refractivity contribution < 1.29 is 9.59 Å². The molecular weight excluding hydrogens is 448 g/mol. The second-order valence-electron chi connectivity index (χ2n) is 10.5. The maximum Gasteiger partial charge on any atom is 0.222 e. The first-order valence-electron chi connectivity index (χ1n) is 13.3. The Hall–Kier alpha value is -3.41. The van der Waals surface area contributed by atoms with Gasteiger partial charge in [-0.3, -0.25) is 14.7 Å². The third-order valence-electron chi connectivity index (χ3n) is 7.86. The van der Waals surface area contributed by atoms with E-state index in [2.05, 4.69) is 51.9 Å². The monoisotopic (exact) mass is 484 g/mol. The topological polar surface area (TPSA) is 78.1 Å². The van der Waals surface area contributed by atoms with Crippen LogP contribution < -0.4 is 5.32 Å². The molecule has 2 amide bonds. The molecule has 0 unspecified atom stereocenters. The van der Waals surface area contributed by atoms with Crippen molar-refractivity contribution in [1.29, 1.82) is 0 Å². The molecule has 0 saturated carbocycles. The number of rotatable bonds is 8. The summed E-state index contributed by atoms with van der Waals surface area (Å²) < 4.78 is 0. The van der Waals surface area contributed by atoms with E-state index < -0.39 is 0 Å². The minimum absolute atomic E-state index is 0.0796. The van der Waals surface area contributed by atoms with Crippen molar-refractivity contribution in [3.63, 3.8) is 0 Å². The Morgan fingerprint density at radius 3 is 2.47 bits per heavy atom. The number of carbonyl (C=O) groups is 2. The van der Waals surface area contributed by atoms with Gasteiger partial charge in [-0.25, -0.2) is 0 Å². The summed E-state index contributed by atoms with van der Waals surface area (Å²) in [6, 6.07) is 18.9. The minimum Gasteiger partial charge on any atom is -0.350 e. The van der Waals surface area contributed by atoms with Crippen LogP contribution in [0.2, 0.25) is 0 Å². The first kappa shape index (κ1) is 24.3. The van der Waals surface area contributed by atoms with Gasteiger partial charge in [0.05, 0.1) is 12.2 Å². The number of hydrogen-bond donors (Lipinski definition) is 2. The highest BCUT2D eigenvalue weighted by atomic mass is 16.2. The molecule has 36 heavy (non-hydrogen) atoms. The van der Waals surface area contributed by atoms with E-state index in [9.17, 15) is 9.59 Å². The number of aromatic nitrogens is 2. The highest BCUT2D eigenvalue weighted by Gasteiger charge is 2.38. The molecule has 1 atom stereocenters. The van der Waals surface area contributed by atoms with Gasteiger partial charge < -0.3 is 10.2 Å². The van der Waals surface area contributed by atoms with Crippen LogP contribution in [0, 0.1) is 0 Å². The largest absolute Gasteiger partial charge is 0.350 e. The minimum atomic E-state index is -0.370. The van der Waals surface area contributed by atoms with E-state index in [0.29, 0.717) is 25.8 Å². The van der Waals surface area contributed by atoms with Gasteiger partial charge in [-0.05, 0) is 67.2 Å². The lowest BCUT2D eigenvalue weighted by atomic mass is 9.84. The Balaban J connectivity index is 1.22. The highest BCUT2D eigenvalue weighted by Crippen LogP contribution is 2.31. The Morgan fingerprint density at radius 2 is 1.72 bits per heavy atom. The van der Waals surface area contributed by atoms with E-state index >= 15 is 0 Å². The molecule has 5 rings (SSSR count). The summed E-state index contributed by atoms with van der Waals surface area (Å²) in [5.41, 5.74) is 6.74. The van der Waals surface area contributed by atoms with Crippen LogP contribution in [-0.2, 0) is 35.4 Å². The Morgan fingerprint density at radius 1 is 0.972 bits per heavy atom. The number of carbonyl (C=O) groups excluding carboxylic acids is 2. The fraction of sp³-hybridized carbons (Fsp3) is 0.433. The quantitative estimate of drug-likeness (QED) is 0.443. The van der Waals surface area contributed by atoms with Crippen LogP contribution in [0.25, 0.3) is 11.1 Å². The summed E-state index contributed by atoms with van der Waals surface area (Å²) in [6.45, 7) is 0.533. The van der Waals surface area contributed by atoms with Gasteiger partial charge in [-0.15, -0.1) is 0 Å². The predicted molar refractivity (Wildman–Crippen MR) is 141 cm³/mol. The number of hydrogen-bond acceptors (Lipinski definition) is 3. The Labute approximate surface area is 213 Å². The maximum absolute atomic E-state index is 13.1. The van der Waals surface area contributed by atoms with Crippen LogP contribution in [0.4, 0.5) is 0 Å². The molecule has 1 aromatic heterocycles. The van der Waals surface area contributed by atoms with E-state index in [1.54, 1.807) is 4.90 Å². The normalized spacial score (nSPS) is 19.4. The van der Waals surface area contributed by atoms with Gasteiger partial charge in [0, 0.05) is 31.1 Å². The van der Waals surface area contributed by atoms with Gasteiger partial charge in [0.2, 0.25) is 11.8 Å². The second kappa shape index (κ2) is 10.7. The Bertz CT molecular complexity index is 1200. The third-order valence-corrected chi connectivity index (χ3v) is 7.86. The molecule has 188 valence electrons. The fourth-order valence-corrected chi connectivity index (χ4v) is 5.73. The van der Waals surface area contributed by atoms with Gasteiger partial charge >= 0.3 is 0 Å². The van der Waals surface area contributed by atoms with Gasteiger partial charge in [0.1, 0.15) is 0 Å². The van der Waals surface area contributed by atoms with Gasteiger partial charge in [0.25, 0.3) is 0 Å². The summed E-state index contributed by atoms with van der Waals surface area (Å²) in [6.07, 6.45) is 8.79. The lowest BCUT2D eigenvalue weighted by Crippen LogP contribution is -2.44. The molecule has 1 aliphatic heterocycles. The van der Waals surface area contributed by atoms with Crippen LogP contribution in [0.3, 0.4) is 0 Å². The molecular formula is C30H36N4O2. The van der Waals surface area contributed by atoms with E-state index in [1.165, 1.54) is 47.2 Å². The van der Waals surface area contributed by atoms with Crippen LogP contribution >= 0.6 is 0 Å². The smallest absolute Gasteiger partial charge is 0.222 e. The first-order chi connectivity index (χ1) is 17.5. The zero-order chi connectivity index (χ0) is 25.0. The molecule has 2 aliphatic rings. The summed E-state index contributed by atoms with van der Waals surface area (Å²) >= 11 is 0. The third kappa shape index (κ3) is 5.53. The average Bonchev–Trinajstić information content (AvgIpc) is 3.36. The van der Waals surface area contributed by atoms with E-state index in [4.69, 9.17) is 0 Å². The SMILES string of the molecule is CN(Cc1n[nH]c2c1CCCCC2)C(=O)CC[C@]1(Cc2ccc(-c3ccccc3)cc2)CCC(=O)N1. The summed E-state index contributed by atoms with van der Waals surface area (Å²) in [5, 5.41) is 11.0. The van der Waals surface area contributed by atoms with Gasteiger partial charge in [0.15, 0.2) is 0 Å². The number of fused-ring (bicyclic) bond motifs is 1. The van der Waals surface area contributed by atoms with Crippen LogP contribution in [0.5, 0.6) is 0 Å². The molecule has 3 aromatic rings. The van der Waals surface area contributed by atoms with Gasteiger partial charge in [-0.1, -0.05) is 61.0 Å².